The summed E-state index contributed by atoms with van der Waals surface area (Å²) in [5, 5.41) is 9.69. The van der Waals surface area contributed by atoms with Gasteiger partial charge >= 0.3 is 0 Å². The molecule has 0 bridgehead atoms. The highest BCUT2D eigenvalue weighted by atomic mass is 16.3. The third kappa shape index (κ3) is 2.85. The maximum atomic E-state index is 11.3. The third-order valence-electron chi connectivity index (χ3n) is 2.05. The van der Waals surface area contributed by atoms with E-state index in [4.69, 9.17) is 0 Å². The Labute approximate surface area is 84.0 Å². The second-order valence-corrected chi connectivity index (χ2v) is 3.42. The van der Waals surface area contributed by atoms with E-state index in [9.17, 15) is 9.90 Å². The zero-order valence-corrected chi connectivity index (χ0v) is 8.47. The number of aliphatic hydroxyl groups excluding tert-OH is 1. The van der Waals surface area contributed by atoms with Crippen molar-refractivity contribution >= 4 is 5.91 Å². The number of hydrogen-bond donors (Lipinski definition) is 1. The number of rotatable bonds is 3. The first kappa shape index (κ1) is 10.7. The summed E-state index contributed by atoms with van der Waals surface area (Å²) >= 11 is 0. The Morgan fingerprint density at radius 3 is 2.43 bits per heavy atom. The van der Waals surface area contributed by atoms with Crippen molar-refractivity contribution in [3.05, 3.63) is 35.9 Å². The molecule has 1 rings (SSSR count). The van der Waals surface area contributed by atoms with Crippen LogP contribution in [0.1, 0.15) is 18.1 Å². The summed E-state index contributed by atoms with van der Waals surface area (Å²) in [6.07, 6.45) is -0.567. The molecule has 0 saturated heterocycles. The van der Waals surface area contributed by atoms with Crippen molar-refractivity contribution in [2.24, 2.45) is 0 Å². The molecule has 0 radical (unpaired) electrons. The van der Waals surface area contributed by atoms with Gasteiger partial charge in [-0.1, -0.05) is 30.3 Å². The standard InChI is InChI=1S/C11H15NO2/c1-12(2)11(14)8-10(13)9-6-4-3-5-7-9/h3-7,10,13H,8H2,1-2H3. The van der Waals surface area contributed by atoms with Crippen molar-refractivity contribution in [3.8, 4) is 0 Å². The van der Waals surface area contributed by atoms with Gasteiger partial charge in [0.1, 0.15) is 0 Å². The summed E-state index contributed by atoms with van der Waals surface area (Å²) in [5.41, 5.74) is 0.780. The fraction of sp³-hybridized carbons (Fsp3) is 0.364. The summed E-state index contributed by atoms with van der Waals surface area (Å²) in [5.74, 6) is -0.0682. The second kappa shape index (κ2) is 4.77. The van der Waals surface area contributed by atoms with Gasteiger partial charge in [-0.15, -0.1) is 0 Å². The first-order chi connectivity index (χ1) is 6.61. The van der Waals surface area contributed by atoms with Gasteiger partial charge in [-0.3, -0.25) is 4.79 Å². The van der Waals surface area contributed by atoms with Crippen molar-refractivity contribution in [1.82, 2.24) is 4.90 Å². The van der Waals surface area contributed by atoms with Gasteiger partial charge in [0.05, 0.1) is 12.5 Å². The molecule has 1 atom stereocenters. The highest BCUT2D eigenvalue weighted by molar-refractivity contribution is 5.76. The van der Waals surface area contributed by atoms with Crippen molar-refractivity contribution in [3.63, 3.8) is 0 Å². The first-order valence-corrected chi connectivity index (χ1v) is 4.54. The van der Waals surface area contributed by atoms with E-state index >= 15 is 0 Å². The molecule has 3 heteroatoms. The van der Waals surface area contributed by atoms with Crippen LogP contribution in [0.25, 0.3) is 0 Å². The number of hydrogen-bond acceptors (Lipinski definition) is 2. The predicted octanol–water partition coefficient (Wildman–Crippen LogP) is 1.20. The van der Waals surface area contributed by atoms with Crippen LogP contribution in [0.2, 0.25) is 0 Å². The van der Waals surface area contributed by atoms with Crippen LogP contribution in [0.15, 0.2) is 30.3 Å². The topological polar surface area (TPSA) is 40.5 Å². The molecule has 0 saturated carbocycles. The zero-order valence-electron chi connectivity index (χ0n) is 8.47. The smallest absolute Gasteiger partial charge is 0.225 e. The molecular formula is C11H15NO2. The van der Waals surface area contributed by atoms with Gasteiger partial charge in [0.15, 0.2) is 0 Å². The monoisotopic (exact) mass is 193 g/mol. The molecule has 0 aliphatic carbocycles. The molecule has 14 heavy (non-hydrogen) atoms. The quantitative estimate of drug-likeness (QED) is 0.783. The molecule has 1 unspecified atom stereocenters. The van der Waals surface area contributed by atoms with Crippen molar-refractivity contribution in [2.45, 2.75) is 12.5 Å². The lowest BCUT2D eigenvalue weighted by Gasteiger charge is -2.14. The minimum atomic E-state index is -0.703. The Balaban J connectivity index is 2.59. The molecule has 1 aromatic rings. The van der Waals surface area contributed by atoms with E-state index < -0.39 is 6.10 Å². The number of benzene rings is 1. The molecule has 0 heterocycles. The molecule has 76 valence electrons. The van der Waals surface area contributed by atoms with Crippen LogP contribution >= 0.6 is 0 Å². The Bertz CT molecular complexity index is 295. The van der Waals surface area contributed by atoms with Gasteiger partial charge in [-0.05, 0) is 5.56 Å². The van der Waals surface area contributed by atoms with E-state index in [1.165, 1.54) is 4.90 Å². The lowest BCUT2D eigenvalue weighted by atomic mass is 10.1. The van der Waals surface area contributed by atoms with E-state index in [2.05, 4.69) is 0 Å². The molecule has 0 aliphatic heterocycles. The van der Waals surface area contributed by atoms with Gasteiger partial charge in [0.25, 0.3) is 0 Å². The van der Waals surface area contributed by atoms with Gasteiger partial charge in [-0.2, -0.15) is 0 Å². The number of nitrogens with zero attached hydrogens (tertiary/aromatic N) is 1. The van der Waals surface area contributed by atoms with Gasteiger partial charge in [0.2, 0.25) is 5.91 Å². The highest BCUT2D eigenvalue weighted by Crippen LogP contribution is 2.16. The Hall–Kier alpha value is -1.35. The minimum absolute atomic E-state index is 0.0682. The maximum absolute atomic E-state index is 11.3. The summed E-state index contributed by atoms with van der Waals surface area (Å²) in [4.78, 5) is 12.8. The number of carbonyl (C=O) groups is 1. The Kier molecular flexibility index (Phi) is 3.65. The zero-order chi connectivity index (χ0) is 10.6. The van der Waals surface area contributed by atoms with Crippen LogP contribution in [-0.4, -0.2) is 30.0 Å². The van der Waals surface area contributed by atoms with E-state index in [-0.39, 0.29) is 12.3 Å². The van der Waals surface area contributed by atoms with E-state index in [1.54, 1.807) is 14.1 Å². The molecule has 0 aromatic heterocycles. The van der Waals surface area contributed by atoms with Crippen LogP contribution in [0, 0.1) is 0 Å². The summed E-state index contributed by atoms with van der Waals surface area (Å²) < 4.78 is 0. The van der Waals surface area contributed by atoms with Crippen LogP contribution in [-0.2, 0) is 4.79 Å². The van der Waals surface area contributed by atoms with E-state index in [0.29, 0.717) is 0 Å². The van der Waals surface area contributed by atoms with E-state index in [1.807, 2.05) is 30.3 Å². The summed E-state index contributed by atoms with van der Waals surface area (Å²) in [6, 6.07) is 9.20. The molecule has 1 N–H and O–H groups in total. The second-order valence-electron chi connectivity index (χ2n) is 3.42. The van der Waals surface area contributed by atoms with Crippen LogP contribution < -0.4 is 0 Å². The Morgan fingerprint density at radius 2 is 1.93 bits per heavy atom. The summed E-state index contributed by atoms with van der Waals surface area (Å²) in [7, 11) is 3.36. The molecule has 0 fully saturated rings. The van der Waals surface area contributed by atoms with Crippen LogP contribution in [0.4, 0.5) is 0 Å². The predicted molar refractivity (Wildman–Crippen MR) is 54.7 cm³/mol. The molecular weight excluding hydrogens is 178 g/mol. The minimum Gasteiger partial charge on any atom is -0.388 e. The first-order valence-electron chi connectivity index (χ1n) is 4.54. The Morgan fingerprint density at radius 1 is 1.36 bits per heavy atom. The lowest BCUT2D eigenvalue weighted by molar-refractivity contribution is -0.130. The lowest BCUT2D eigenvalue weighted by Crippen LogP contribution is -2.23. The molecule has 1 aromatic carbocycles. The maximum Gasteiger partial charge on any atom is 0.225 e. The normalized spacial score (nSPS) is 12.2. The number of amides is 1. The van der Waals surface area contributed by atoms with Crippen molar-refractivity contribution in [1.29, 1.82) is 0 Å². The highest BCUT2D eigenvalue weighted by Gasteiger charge is 2.13. The molecule has 0 aliphatic rings. The fourth-order valence-corrected chi connectivity index (χ4v) is 1.14. The largest absolute Gasteiger partial charge is 0.388 e. The van der Waals surface area contributed by atoms with Gasteiger partial charge < -0.3 is 10.0 Å². The molecule has 0 spiro atoms. The number of carbonyl (C=O) groups excluding carboxylic acids is 1. The molecule has 1 amide bonds. The number of aliphatic hydroxyl groups is 1. The average Bonchev–Trinajstić information content (AvgIpc) is 2.19. The third-order valence-corrected chi connectivity index (χ3v) is 2.05. The van der Waals surface area contributed by atoms with Gasteiger partial charge in [0, 0.05) is 14.1 Å². The SMILES string of the molecule is CN(C)C(=O)CC(O)c1ccccc1. The van der Waals surface area contributed by atoms with E-state index in [0.717, 1.165) is 5.56 Å². The van der Waals surface area contributed by atoms with Crippen LogP contribution in [0.3, 0.4) is 0 Å². The fourth-order valence-electron chi connectivity index (χ4n) is 1.14. The van der Waals surface area contributed by atoms with Crippen LogP contribution in [0.5, 0.6) is 0 Å². The van der Waals surface area contributed by atoms with Crippen molar-refractivity contribution in [2.75, 3.05) is 14.1 Å². The summed E-state index contributed by atoms with van der Waals surface area (Å²) in [6.45, 7) is 0. The van der Waals surface area contributed by atoms with Crippen molar-refractivity contribution < 1.29 is 9.90 Å². The average molecular weight is 193 g/mol. The molecule has 3 nitrogen and oxygen atoms in total. The van der Waals surface area contributed by atoms with Gasteiger partial charge in [-0.25, -0.2) is 0 Å².